The average molecular weight is 412 g/mol. The molecule has 4 rings (SSSR count). The highest BCUT2D eigenvalue weighted by Crippen LogP contribution is 2.57. The highest BCUT2D eigenvalue weighted by molar-refractivity contribution is 5.94. The Kier molecular flexibility index (Phi) is 5.69. The van der Waals surface area contributed by atoms with E-state index < -0.39 is 0 Å². The van der Waals surface area contributed by atoms with Crippen LogP contribution in [-0.2, 0) is 4.79 Å². The van der Waals surface area contributed by atoms with Gasteiger partial charge >= 0.3 is 0 Å². The van der Waals surface area contributed by atoms with Crippen LogP contribution in [0.5, 0.6) is 0 Å². The summed E-state index contributed by atoms with van der Waals surface area (Å²) >= 11 is 0. The number of carbonyl (C=O) groups excluding carboxylic acids is 2. The molecule has 0 saturated carbocycles. The summed E-state index contributed by atoms with van der Waals surface area (Å²) in [5.41, 5.74) is 1.65. The smallest absolute Gasteiger partial charge is 0.253 e. The fourth-order valence-electron chi connectivity index (χ4n) is 6.34. The van der Waals surface area contributed by atoms with Gasteiger partial charge in [0.2, 0.25) is 5.91 Å². The molecule has 0 aliphatic carbocycles. The van der Waals surface area contributed by atoms with Gasteiger partial charge in [0.15, 0.2) is 0 Å². The Bertz CT molecular complexity index is 812. The maximum Gasteiger partial charge on any atom is 0.253 e. The lowest BCUT2D eigenvalue weighted by Gasteiger charge is -2.47. The van der Waals surface area contributed by atoms with Crippen molar-refractivity contribution >= 4 is 11.8 Å². The van der Waals surface area contributed by atoms with Gasteiger partial charge in [-0.2, -0.15) is 0 Å². The molecule has 5 heteroatoms. The molecule has 0 aromatic heterocycles. The molecule has 3 saturated heterocycles. The van der Waals surface area contributed by atoms with E-state index in [0.717, 1.165) is 76.2 Å². The lowest BCUT2D eigenvalue weighted by Crippen LogP contribution is -2.53. The first-order valence-corrected chi connectivity index (χ1v) is 11.7. The van der Waals surface area contributed by atoms with Gasteiger partial charge < -0.3 is 14.7 Å². The van der Waals surface area contributed by atoms with Gasteiger partial charge in [-0.15, -0.1) is 0 Å². The third kappa shape index (κ3) is 3.45. The summed E-state index contributed by atoms with van der Waals surface area (Å²) in [4.78, 5) is 33.3. The van der Waals surface area contributed by atoms with E-state index in [2.05, 4.69) is 30.6 Å². The van der Waals surface area contributed by atoms with Crippen molar-refractivity contribution in [3.8, 4) is 0 Å². The molecule has 3 heterocycles. The van der Waals surface area contributed by atoms with Crippen molar-refractivity contribution in [1.82, 2.24) is 14.7 Å². The SMILES string of the molecule is CCN1CC[C@]2(CN(CC(C)C)CC23CCN(C(=O)c2cccc(C)c2)CC3)C1=O. The summed E-state index contributed by atoms with van der Waals surface area (Å²) in [6, 6.07) is 7.88. The zero-order valence-electron chi connectivity index (χ0n) is 19.1. The van der Waals surface area contributed by atoms with Gasteiger partial charge in [-0.25, -0.2) is 0 Å². The lowest BCUT2D eigenvalue weighted by molar-refractivity contribution is -0.141. The maximum atomic E-state index is 13.6. The number of likely N-dealkylation sites (tertiary alicyclic amines) is 3. The molecule has 3 fully saturated rings. The van der Waals surface area contributed by atoms with E-state index in [0.29, 0.717) is 11.8 Å². The van der Waals surface area contributed by atoms with Gasteiger partial charge in [-0.1, -0.05) is 31.5 Å². The lowest BCUT2D eigenvalue weighted by atomic mass is 9.60. The van der Waals surface area contributed by atoms with Crippen LogP contribution in [0.25, 0.3) is 0 Å². The summed E-state index contributed by atoms with van der Waals surface area (Å²) in [5, 5.41) is 0. The topological polar surface area (TPSA) is 43.9 Å². The van der Waals surface area contributed by atoms with Crippen LogP contribution in [-0.4, -0.2) is 72.3 Å². The Morgan fingerprint density at radius 1 is 1.10 bits per heavy atom. The number of carbonyl (C=O) groups is 2. The number of rotatable bonds is 4. The number of piperidine rings is 1. The normalized spacial score (nSPS) is 26.5. The van der Waals surface area contributed by atoms with Gasteiger partial charge in [-0.3, -0.25) is 9.59 Å². The minimum absolute atomic E-state index is 0.00623. The zero-order chi connectivity index (χ0) is 21.5. The standard InChI is InChI=1S/C25H37N3O2/c1-5-27-14-11-25(23(27)30)18-26(16-19(2)3)17-24(25)9-12-28(13-10-24)22(29)21-8-6-7-20(4)15-21/h6-8,15,19H,5,9-14,16-18H2,1-4H3/t25-/m0/s1. The predicted molar refractivity (Wildman–Crippen MR) is 119 cm³/mol. The second kappa shape index (κ2) is 7.99. The van der Waals surface area contributed by atoms with Crippen molar-refractivity contribution in [1.29, 1.82) is 0 Å². The van der Waals surface area contributed by atoms with E-state index >= 15 is 0 Å². The number of fused-ring (bicyclic) bond motifs is 1. The van der Waals surface area contributed by atoms with E-state index in [1.165, 1.54) is 0 Å². The minimum atomic E-state index is -0.254. The van der Waals surface area contributed by atoms with Gasteiger partial charge in [0, 0.05) is 56.8 Å². The van der Waals surface area contributed by atoms with Crippen LogP contribution in [0.1, 0.15) is 56.0 Å². The fraction of sp³-hybridized carbons (Fsp3) is 0.680. The van der Waals surface area contributed by atoms with E-state index in [1.807, 2.05) is 36.1 Å². The van der Waals surface area contributed by atoms with Gasteiger partial charge in [-0.05, 0) is 51.2 Å². The molecule has 2 amide bonds. The van der Waals surface area contributed by atoms with Crippen molar-refractivity contribution in [3.05, 3.63) is 35.4 Å². The molecule has 1 atom stereocenters. The molecule has 5 nitrogen and oxygen atoms in total. The molecular weight excluding hydrogens is 374 g/mol. The Balaban J connectivity index is 1.55. The number of hydrogen-bond donors (Lipinski definition) is 0. The molecule has 0 radical (unpaired) electrons. The number of nitrogens with zero attached hydrogens (tertiary/aromatic N) is 3. The Hall–Kier alpha value is -1.88. The van der Waals surface area contributed by atoms with Crippen molar-refractivity contribution in [2.45, 2.75) is 47.0 Å². The van der Waals surface area contributed by atoms with Crippen molar-refractivity contribution in [3.63, 3.8) is 0 Å². The number of aryl methyl sites for hydroxylation is 1. The quantitative estimate of drug-likeness (QED) is 0.762. The van der Waals surface area contributed by atoms with Crippen LogP contribution in [0.3, 0.4) is 0 Å². The second-order valence-electron chi connectivity index (χ2n) is 10.2. The van der Waals surface area contributed by atoms with Crippen LogP contribution in [0, 0.1) is 23.7 Å². The Labute approximate surface area is 181 Å². The molecule has 0 N–H and O–H groups in total. The van der Waals surface area contributed by atoms with Gasteiger partial charge in [0.1, 0.15) is 0 Å². The molecule has 3 aliphatic heterocycles. The first-order valence-electron chi connectivity index (χ1n) is 11.7. The molecule has 2 spiro atoms. The third-order valence-electron chi connectivity index (χ3n) is 7.82. The highest BCUT2D eigenvalue weighted by Gasteiger charge is 2.64. The van der Waals surface area contributed by atoms with Crippen LogP contribution >= 0.6 is 0 Å². The molecule has 3 aliphatic rings. The summed E-state index contributed by atoms with van der Waals surface area (Å²) in [6.45, 7) is 14.8. The Morgan fingerprint density at radius 3 is 2.43 bits per heavy atom. The average Bonchev–Trinajstić information content (AvgIpc) is 3.19. The number of hydrogen-bond acceptors (Lipinski definition) is 3. The molecule has 1 aromatic rings. The highest BCUT2D eigenvalue weighted by atomic mass is 16.2. The molecule has 0 bridgehead atoms. The van der Waals surface area contributed by atoms with E-state index in [4.69, 9.17) is 0 Å². The minimum Gasteiger partial charge on any atom is -0.342 e. The van der Waals surface area contributed by atoms with Crippen LogP contribution in [0.15, 0.2) is 24.3 Å². The third-order valence-corrected chi connectivity index (χ3v) is 7.82. The predicted octanol–water partition coefficient (Wildman–Crippen LogP) is 3.43. The first-order chi connectivity index (χ1) is 14.3. The maximum absolute atomic E-state index is 13.6. The Morgan fingerprint density at radius 2 is 1.83 bits per heavy atom. The molecule has 0 unspecified atom stereocenters. The van der Waals surface area contributed by atoms with Crippen molar-refractivity contribution in [2.75, 3.05) is 45.8 Å². The second-order valence-corrected chi connectivity index (χ2v) is 10.2. The van der Waals surface area contributed by atoms with E-state index in [1.54, 1.807) is 0 Å². The zero-order valence-corrected chi connectivity index (χ0v) is 19.1. The molecule has 164 valence electrons. The first kappa shape index (κ1) is 21.4. The largest absolute Gasteiger partial charge is 0.342 e. The van der Waals surface area contributed by atoms with Crippen LogP contribution in [0.4, 0.5) is 0 Å². The number of amides is 2. The van der Waals surface area contributed by atoms with Gasteiger partial charge in [0.25, 0.3) is 5.91 Å². The van der Waals surface area contributed by atoms with Gasteiger partial charge in [0.05, 0.1) is 5.41 Å². The molecule has 1 aromatic carbocycles. The van der Waals surface area contributed by atoms with E-state index in [-0.39, 0.29) is 16.7 Å². The summed E-state index contributed by atoms with van der Waals surface area (Å²) < 4.78 is 0. The summed E-state index contributed by atoms with van der Waals surface area (Å²) in [6.07, 6.45) is 2.84. The molecule has 30 heavy (non-hydrogen) atoms. The number of benzene rings is 1. The summed E-state index contributed by atoms with van der Waals surface area (Å²) in [7, 11) is 0. The summed E-state index contributed by atoms with van der Waals surface area (Å²) in [5.74, 6) is 1.10. The van der Waals surface area contributed by atoms with Crippen molar-refractivity contribution < 1.29 is 9.59 Å². The fourth-order valence-corrected chi connectivity index (χ4v) is 6.34. The monoisotopic (exact) mass is 411 g/mol. The van der Waals surface area contributed by atoms with Crippen LogP contribution in [0.2, 0.25) is 0 Å². The van der Waals surface area contributed by atoms with Crippen LogP contribution < -0.4 is 0 Å². The molecular formula is C25H37N3O2. The van der Waals surface area contributed by atoms with Crippen molar-refractivity contribution in [2.24, 2.45) is 16.7 Å². The van der Waals surface area contributed by atoms with E-state index in [9.17, 15) is 9.59 Å².